The van der Waals surface area contributed by atoms with Crippen molar-refractivity contribution in [2.45, 2.75) is 27.8 Å². The third-order valence-corrected chi connectivity index (χ3v) is 7.29. The van der Waals surface area contributed by atoms with Crippen molar-refractivity contribution < 1.29 is 4.79 Å². The fourth-order valence-corrected chi connectivity index (χ4v) is 5.11. The van der Waals surface area contributed by atoms with E-state index in [0.717, 1.165) is 31.4 Å². The number of aryl methyl sites for hydroxylation is 1. The van der Waals surface area contributed by atoms with Gasteiger partial charge >= 0.3 is 0 Å². The summed E-state index contributed by atoms with van der Waals surface area (Å²) in [6, 6.07) is 15.8. The minimum Gasteiger partial charge on any atom is -0.272 e. The van der Waals surface area contributed by atoms with Gasteiger partial charge in [-0.1, -0.05) is 89.8 Å². The van der Waals surface area contributed by atoms with Crippen LogP contribution in [0, 0.1) is 0 Å². The van der Waals surface area contributed by atoms with Gasteiger partial charge in [0.15, 0.2) is 8.68 Å². The summed E-state index contributed by atoms with van der Waals surface area (Å²) in [5, 5.41) is 13.0. The summed E-state index contributed by atoms with van der Waals surface area (Å²) >= 11 is 10.3. The molecule has 1 aromatic heterocycles. The van der Waals surface area contributed by atoms with Gasteiger partial charge in [0.05, 0.1) is 12.0 Å². The van der Waals surface area contributed by atoms with Crippen LogP contribution in [0.1, 0.15) is 23.6 Å². The second kappa shape index (κ2) is 11.3. The number of hydrogen-bond acceptors (Lipinski definition) is 7. The number of hydrogen-bond donors (Lipinski definition) is 1. The normalized spacial score (nSPS) is 11.1. The number of rotatable bonds is 9. The highest BCUT2D eigenvalue weighted by atomic mass is 35.5. The fraction of sp³-hybridized carbons (Fsp3) is 0.200. The maximum atomic E-state index is 11.9. The van der Waals surface area contributed by atoms with Gasteiger partial charge in [0.2, 0.25) is 0 Å². The van der Waals surface area contributed by atoms with Crippen LogP contribution in [0.4, 0.5) is 0 Å². The Morgan fingerprint density at radius 3 is 2.41 bits per heavy atom. The number of halogens is 1. The molecule has 0 saturated heterocycles. The Morgan fingerprint density at radius 2 is 1.72 bits per heavy atom. The van der Waals surface area contributed by atoms with Crippen LogP contribution in [0.3, 0.4) is 0 Å². The lowest BCUT2D eigenvalue weighted by Gasteiger charge is -1.99. The minimum absolute atomic E-state index is 0.179. The highest BCUT2D eigenvalue weighted by molar-refractivity contribution is 8.03. The number of benzene rings is 2. The van der Waals surface area contributed by atoms with Crippen molar-refractivity contribution in [3.8, 4) is 0 Å². The summed E-state index contributed by atoms with van der Waals surface area (Å²) in [4.78, 5) is 11.9. The van der Waals surface area contributed by atoms with Gasteiger partial charge < -0.3 is 0 Å². The maximum Gasteiger partial charge on any atom is 0.250 e. The van der Waals surface area contributed by atoms with Crippen molar-refractivity contribution in [1.29, 1.82) is 0 Å². The first kappa shape index (κ1) is 21.8. The summed E-state index contributed by atoms with van der Waals surface area (Å²) in [6.07, 6.45) is 2.64. The zero-order valence-electron chi connectivity index (χ0n) is 15.7. The number of carbonyl (C=O) groups is 1. The standard InChI is InChI=1S/C20H19ClN4OS3/c1-2-14-3-5-15(6-4-14)11-22-23-18(26)13-28-20-25-24-19(29-20)27-12-16-7-9-17(21)10-8-16/h3-11H,2,12-13H2,1H3,(H,23,26)/b22-11-. The molecule has 0 unspecified atom stereocenters. The topological polar surface area (TPSA) is 67.2 Å². The average Bonchev–Trinajstić information content (AvgIpc) is 3.20. The van der Waals surface area contributed by atoms with E-state index in [-0.39, 0.29) is 11.7 Å². The molecular weight excluding hydrogens is 444 g/mol. The zero-order chi connectivity index (χ0) is 20.5. The summed E-state index contributed by atoms with van der Waals surface area (Å²) in [5.41, 5.74) is 5.92. The number of nitrogens with one attached hydrogen (secondary N) is 1. The van der Waals surface area contributed by atoms with Crippen LogP contribution in [0.5, 0.6) is 0 Å². The van der Waals surface area contributed by atoms with Gasteiger partial charge in [0.1, 0.15) is 0 Å². The van der Waals surface area contributed by atoms with Crippen LogP contribution in [0.2, 0.25) is 5.02 Å². The fourth-order valence-electron chi connectivity index (χ4n) is 2.22. The van der Waals surface area contributed by atoms with Crippen molar-refractivity contribution in [2.75, 3.05) is 5.75 Å². The molecule has 0 spiro atoms. The third-order valence-electron chi connectivity index (χ3n) is 3.78. The molecule has 0 atom stereocenters. The zero-order valence-corrected chi connectivity index (χ0v) is 18.9. The van der Waals surface area contributed by atoms with Crippen LogP contribution in [-0.4, -0.2) is 28.1 Å². The highest BCUT2D eigenvalue weighted by Gasteiger charge is 2.08. The maximum absolute atomic E-state index is 11.9. The average molecular weight is 463 g/mol. The number of aromatic nitrogens is 2. The molecule has 1 amide bonds. The van der Waals surface area contributed by atoms with E-state index in [1.54, 1.807) is 18.0 Å². The molecule has 29 heavy (non-hydrogen) atoms. The second-order valence-electron chi connectivity index (χ2n) is 5.93. The van der Waals surface area contributed by atoms with Crippen LogP contribution in [0.15, 0.2) is 62.3 Å². The van der Waals surface area contributed by atoms with Crippen LogP contribution < -0.4 is 5.43 Å². The number of nitrogens with zero attached hydrogens (tertiary/aromatic N) is 3. The lowest BCUT2D eigenvalue weighted by atomic mass is 10.1. The molecule has 0 aliphatic carbocycles. The van der Waals surface area contributed by atoms with Gasteiger partial charge in [0, 0.05) is 10.8 Å². The Labute approximate surface area is 187 Å². The second-order valence-corrected chi connectivity index (χ2v) is 9.78. The van der Waals surface area contributed by atoms with Crippen molar-refractivity contribution in [2.24, 2.45) is 5.10 Å². The van der Waals surface area contributed by atoms with Crippen LogP contribution in [-0.2, 0) is 17.0 Å². The Morgan fingerprint density at radius 1 is 1.07 bits per heavy atom. The molecule has 0 aliphatic rings. The van der Waals surface area contributed by atoms with Gasteiger partial charge in [-0.15, -0.1) is 10.2 Å². The molecule has 0 bridgehead atoms. The Hall–Kier alpha value is -1.87. The summed E-state index contributed by atoms with van der Waals surface area (Å²) in [5.74, 6) is 0.857. The molecule has 1 heterocycles. The first-order valence-electron chi connectivity index (χ1n) is 8.87. The molecule has 9 heteroatoms. The Kier molecular flexibility index (Phi) is 8.54. The number of thioether (sulfide) groups is 2. The number of hydrazone groups is 1. The van der Waals surface area contributed by atoms with E-state index in [2.05, 4.69) is 39.8 Å². The summed E-state index contributed by atoms with van der Waals surface area (Å²) < 4.78 is 1.63. The molecule has 0 aliphatic heterocycles. The van der Waals surface area contributed by atoms with E-state index >= 15 is 0 Å². The highest BCUT2D eigenvalue weighted by Crippen LogP contribution is 2.30. The predicted molar refractivity (Wildman–Crippen MR) is 123 cm³/mol. The molecule has 0 fully saturated rings. The number of carbonyl (C=O) groups excluding carboxylic acids is 1. The van der Waals surface area contributed by atoms with Crippen molar-refractivity contribution in [1.82, 2.24) is 15.6 Å². The Balaban J connectivity index is 1.39. The van der Waals surface area contributed by atoms with Gasteiger partial charge in [-0.3, -0.25) is 4.79 Å². The van der Waals surface area contributed by atoms with Crippen LogP contribution in [0.25, 0.3) is 0 Å². The van der Waals surface area contributed by atoms with Gasteiger partial charge in [-0.25, -0.2) is 5.43 Å². The van der Waals surface area contributed by atoms with E-state index in [1.807, 2.05) is 36.4 Å². The molecule has 150 valence electrons. The van der Waals surface area contributed by atoms with E-state index in [0.29, 0.717) is 0 Å². The summed E-state index contributed by atoms with van der Waals surface area (Å²) in [6.45, 7) is 2.11. The monoisotopic (exact) mass is 462 g/mol. The quantitative estimate of drug-likeness (QED) is 0.266. The molecule has 3 rings (SSSR count). The molecule has 2 aromatic carbocycles. The van der Waals surface area contributed by atoms with E-state index < -0.39 is 0 Å². The van der Waals surface area contributed by atoms with E-state index in [9.17, 15) is 4.79 Å². The minimum atomic E-state index is -0.179. The molecular formula is C20H19ClN4OS3. The van der Waals surface area contributed by atoms with Crippen molar-refractivity contribution in [3.63, 3.8) is 0 Å². The first-order chi connectivity index (χ1) is 14.1. The Bertz CT molecular complexity index is 959. The molecule has 0 radical (unpaired) electrons. The van der Waals surface area contributed by atoms with Crippen molar-refractivity contribution in [3.05, 3.63) is 70.2 Å². The van der Waals surface area contributed by atoms with Gasteiger partial charge in [0.25, 0.3) is 5.91 Å². The van der Waals surface area contributed by atoms with E-state index in [4.69, 9.17) is 11.6 Å². The lowest BCUT2D eigenvalue weighted by molar-refractivity contribution is -0.118. The van der Waals surface area contributed by atoms with Crippen molar-refractivity contribution >= 4 is 58.6 Å². The number of amides is 1. The van der Waals surface area contributed by atoms with Gasteiger partial charge in [-0.05, 0) is 35.2 Å². The SMILES string of the molecule is CCc1ccc(/C=N\NC(=O)CSc2nnc(SCc3ccc(Cl)cc3)s2)cc1. The smallest absolute Gasteiger partial charge is 0.250 e. The van der Waals surface area contributed by atoms with E-state index in [1.165, 1.54) is 34.2 Å². The van der Waals surface area contributed by atoms with Gasteiger partial charge in [-0.2, -0.15) is 5.10 Å². The molecule has 1 N–H and O–H groups in total. The molecule has 5 nitrogen and oxygen atoms in total. The summed E-state index contributed by atoms with van der Waals surface area (Å²) in [7, 11) is 0. The van der Waals surface area contributed by atoms with Crippen LogP contribution >= 0.6 is 46.5 Å². The largest absolute Gasteiger partial charge is 0.272 e. The first-order valence-corrected chi connectivity index (χ1v) is 12.0. The molecule has 3 aromatic rings. The lowest BCUT2D eigenvalue weighted by Crippen LogP contribution is -2.19. The predicted octanol–water partition coefficient (Wildman–Crippen LogP) is 5.29. The third kappa shape index (κ3) is 7.47. The molecule has 0 saturated carbocycles.